The first-order valence-electron chi connectivity index (χ1n) is 16.9. The summed E-state index contributed by atoms with van der Waals surface area (Å²) in [6.07, 6.45) is 9.02. The Morgan fingerprint density at radius 2 is 1.56 bits per heavy atom. The van der Waals surface area contributed by atoms with Crippen LogP contribution in [0, 0.1) is 17.8 Å². The number of rotatable bonds is 9. The number of aryl methyl sites for hydroxylation is 1. The summed E-state index contributed by atoms with van der Waals surface area (Å²) in [6, 6.07) is 20.3. The van der Waals surface area contributed by atoms with Crippen molar-refractivity contribution in [1.82, 2.24) is 25.1 Å². The van der Waals surface area contributed by atoms with Crippen LogP contribution in [0.2, 0.25) is 0 Å². The van der Waals surface area contributed by atoms with Gasteiger partial charge >= 0.3 is 0 Å². The van der Waals surface area contributed by atoms with Crippen LogP contribution >= 0.6 is 0 Å². The van der Waals surface area contributed by atoms with Crippen LogP contribution in [0.3, 0.4) is 0 Å². The van der Waals surface area contributed by atoms with Gasteiger partial charge in [0.15, 0.2) is 0 Å². The molecule has 2 saturated heterocycles. The Balaban J connectivity index is 1.01. The highest BCUT2D eigenvalue weighted by molar-refractivity contribution is 5.83. The van der Waals surface area contributed by atoms with E-state index in [1.165, 1.54) is 72.3 Å². The van der Waals surface area contributed by atoms with E-state index in [0.717, 1.165) is 43.1 Å². The Kier molecular flexibility index (Phi) is 7.72. The summed E-state index contributed by atoms with van der Waals surface area (Å²) in [5.74, 6) is 1.32. The van der Waals surface area contributed by atoms with E-state index in [1.807, 2.05) is 12.3 Å². The van der Waals surface area contributed by atoms with Gasteiger partial charge in [-0.05, 0) is 87.7 Å². The van der Waals surface area contributed by atoms with Crippen molar-refractivity contribution < 1.29 is 0 Å². The lowest BCUT2D eigenvalue weighted by molar-refractivity contribution is -0.0106. The number of nitrogens with one attached hydrogen (secondary N) is 1. The van der Waals surface area contributed by atoms with Gasteiger partial charge in [0.1, 0.15) is 5.82 Å². The van der Waals surface area contributed by atoms with Gasteiger partial charge in [0, 0.05) is 60.9 Å². The number of benzene rings is 2. The molecule has 45 heavy (non-hydrogen) atoms. The van der Waals surface area contributed by atoms with Crippen LogP contribution in [-0.2, 0) is 0 Å². The molecule has 1 spiro atoms. The predicted molar refractivity (Wildman–Crippen MR) is 185 cm³/mol. The molecule has 3 aromatic rings. The molecule has 5 nitrogen and oxygen atoms in total. The van der Waals surface area contributed by atoms with Gasteiger partial charge in [-0.1, -0.05) is 79.7 Å². The highest BCUT2D eigenvalue weighted by Crippen LogP contribution is 2.54. The summed E-state index contributed by atoms with van der Waals surface area (Å²) in [6.45, 7) is 20.1. The standard InChI is InChI=1S/C40H49N5/c1-27-7-9-32(10-8-27)37(35-23-40(24-35)25-44(6)26-40)33-13-11-31(12-14-33)28(2)42-29(3)36-15-20-41-38(43-36)34-16-21-45(22-17-34)30(4)39(5)18-19-39/h7-15,20,28,34,42H,3-4,16-19,21-26H2,1-2,5-6H3. The zero-order valence-electron chi connectivity index (χ0n) is 27.7. The molecule has 4 fully saturated rings. The quantitative estimate of drug-likeness (QED) is 0.269. The summed E-state index contributed by atoms with van der Waals surface area (Å²) in [7, 11) is 2.23. The van der Waals surface area contributed by atoms with Gasteiger partial charge in [0.25, 0.3) is 0 Å². The predicted octanol–water partition coefficient (Wildman–Crippen LogP) is 8.13. The first-order chi connectivity index (χ1) is 21.6. The van der Waals surface area contributed by atoms with Crippen molar-refractivity contribution >= 4 is 11.3 Å². The largest absolute Gasteiger partial charge is 0.377 e. The summed E-state index contributed by atoms with van der Waals surface area (Å²) >= 11 is 0. The molecule has 2 aliphatic heterocycles. The van der Waals surface area contributed by atoms with Gasteiger partial charge in [0.2, 0.25) is 0 Å². The molecule has 4 aliphatic rings. The third-order valence-electron chi connectivity index (χ3n) is 11.1. The maximum atomic E-state index is 4.99. The van der Waals surface area contributed by atoms with Crippen molar-refractivity contribution in [3.05, 3.63) is 119 Å². The van der Waals surface area contributed by atoms with Gasteiger partial charge in [-0.15, -0.1) is 0 Å². The monoisotopic (exact) mass is 599 g/mol. The lowest BCUT2D eigenvalue weighted by Crippen LogP contribution is -2.58. The summed E-state index contributed by atoms with van der Waals surface area (Å²) < 4.78 is 0. The average Bonchev–Trinajstić information content (AvgIpc) is 3.78. The van der Waals surface area contributed by atoms with Crippen molar-refractivity contribution in [2.75, 3.05) is 33.2 Å². The van der Waals surface area contributed by atoms with Gasteiger partial charge in [-0.2, -0.15) is 0 Å². The van der Waals surface area contributed by atoms with E-state index in [4.69, 9.17) is 4.98 Å². The first kappa shape index (κ1) is 30.0. The number of hydrogen-bond acceptors (Lipinski definition) is 5. The molecular formula is C40H49N5. The van der Waals surface area contributed by atoms with E-state index in [9.17, 15) is 0 Å². The average molecular weight is 600 g/mol. The maximum Gasteiger partial charge on any atom is 0.132 e. The van der Waals surface area contributed by atoms with E-state index >= 15 is 0 Å². The van der Waals surface area contributed by atoms with E-state index in [2.05, 4.69) is 110 Å². The third kappa shape index (κ3) is 6.00. The highest BCUT2D eigenvalue weighted by atomic mass is 15.2. The molecule has 234 valence electrons. The minimum absolute atomic E-state index is 0.107. The Bertz CT molecular complexity index is 1600. The Labute approximate surface area is 270 Å². The molecule has 5 heteroatoms. The zero-order chi connectivity index (χ0) is 31.3. The molecule has 0 radical (unpaired) electrons. The number of piperidine rings is 1. The smallest absolute Gasteiger partial charge is 0.132 e. The van der Waals surface area contributed by atoms with Crippen LogP contribution in [0.1, 0.15) is 98.1 Å². The fraction of sp³-hybridized carbons (Fsp3) is 0.450. The number of aromatic nitrogens is 2. The molecule has 2 aliphatic carbocycles. The molecule has 1 aromatic heterocycles. The van der Waals surface area contributed by atoms with Crippen LogP contribution in [0.15, 0.2) is 85.2 Å². The molecule has 1 atom stereocenters. The summed E-state index contributed by atoms with van der Waals surface area (Å²) in [5.41, 5.74) is 12.1. The van der Waals surface area contributed by atoms with Crippen molar-refractivity contribution in [2.24, 2.45) is 10.8 Å². The van der Waals surface area contributed by atoms with E-state index in [0.29, 0.717) is 16.7 Å². The summed E-state index contributed by atoms with van der Waals surface area (Å²) in [5, 5.41) is 3.63. The molecule has 1 N–H and O–H groups in total. The Hall–Kier alpha value is -3.70. The lowest BCUT2D eigenvalue weighted by Gasteiger charge is -2.56. The van der Waals surface area contributed by atoms with Crippen LogP contribution in [-0.4, -0.2) is 53.0 Å². The summed E-state index contributed by atoms with van der Waals surface area (Å²) in [4.78, 5) is 14.6. The molecule has 0 bridgehead atoms. The van der Waals surface area contributed by atoms with E-state index in [-0.39, 0.29) is 6.04 Å². The third-order valence-corrected chi connectivity index (χ3v) is 11.1. The number of allylic oxidation sites excluding steroid dienone is 2. The topological polar surface area (TPSA) is 44.3 Å². The number of likely N-dealkylation sites (tertiary alicyclic amines) is 2. The fourth-order valence-corrected chi connectivity index (χ4v) is 8.01. The van der Waals surface area contributed by atoms with Crippen LogP contribution in [0.5, 0.6) is 0 Å². The normalized spacial score (nSPS) is 21.1. The second kappa shape index (κ2) is 11.6. The van der Waals surface area contributed by atoms with Gasteiger partial charge < -0.3 is 15.1 Å². The van der Waals surface area contributed by atoms with E-state index < -0.39 is 0 Å². The van der Waals surface area contributed by atoms with Crippen molar-refractivity contribution in [3.63, 3.8) is 0 Å². The lowest BCUT2D eigenvalue weighted by atomic mass is 9.59. The SMILES string of the molecule is C=C(NC(C)c1ccc(C(=C2CC3(C2)CN(C)C3)c2ccc(C)cc2)cc1)c1ccnc(C2CCN(C(=C)C3(C)CC3)CC2)n1. The fourth-order valence-electron chi connectivity index (χ4n) is 8.01. The van der Waals surface area contributed by atoms with Gasteiger partial charge in [0.05, 0.1) is 11.4 Å². The Morgan fingerprint density at radius 1 is 0.933 bits per heavy atom. The minimum atomic E-state index is 0.107. The number of nitrogens with zero attached hydrogens (tertiary/aromatic N) is 4. The second-order valence-electron chi connectivity index (χ2n) is 14.9. The van der Waals surface area contributed by atoms with Crippen LogP contribution in [0.25, 0.3) is 11.3 Å². The van der Waals surface area contributed by atoms with Crippen molar-refractivity contribution in [3.8, 4) is 0 Å². The Morgan fingerprint density at radius 3 is 2.16 bits per heavy atom. The molecule has 1 unspecified atom stereocenters. The van der Waals surface area contributed by atoms with Gasteiger partial charge in [-0.25, -0.2) is 9.97 Å². The highest BCUT2D eigenvalue weighted by Gasteiger charge is 2.49. The van der Waals surface area contributed by atoms with Crippen LogP contribution < -0.4 is 5.32 Å². The van der Waals surface area contributed by atoms with Gasteiger partial charge in [-0.3, -0.25) is 0 Å². The van der Waals surface area contributed by atoms with Crippen molar-refractivity contribution in [1.29, 1.82) is 0 Å². The maximum absolute atomic E-state index is 4.99. The van der Waals surface area contributed by atoms with Crippen molar-refractivity contribution in [2.45, 2.75) is 71.3 Å². The molecule has 7 rings (SSSR count). The van der Waals surface area contributed by atoms with E-state index in [1.54, 1.807) is 5.57 Å². The zero-order valence-corrected chi connectivity index (χ0v) is 27.7. The molecule has 0 amide bonds. The first-order valence-corrected chi connectivity index (χ1v) is 16.9. The van der Waals surface area contributed by atoms with Crippen LogP contribution in [0.4, 0.5) is 0 Å². The molecule has 2 aromatic carbocycles. The minimum Gasteiger partial charge on any atom is -0.377 e. The second-order valence-corrected chi connectivity index (χ2v) is 14.9. The number of hydrogen-bond donors (Lipinski definition) is 1. The molecular weight excluding hydrogens is 550 g/mol. The molecule has 3 heterocycles. The molecule has 2 saturated carbocycles.